The Morgan fingerprint density at radius 1 is 1.27 bits per heavy atom. The van der Waals surface area contributed by atoms with Gasteiger partial charge < -0.3 is 9.72 Å². The van der Waals surface area contributed by atoms with Gasteiger partial charge in [-0.05, 0) is 30.2 Å². The van der Waals surface area contributed by atoms with E-state index in [0.29, 0.717) is 28.8 Å². The highest BCUT2D eigenvalue weighted by Gasteiger charge is 2.30. The van der Waals surface area contributed by atoms with Crippen molar-refractivity contribution >= 4 is 28.9 Å². The molecular formula is C18H14ClF3N2O2. The Kier molecular flexibility index (Phi) is 4.91. The van der Waals surface area contributed by atoms with E-state index in [-0.39, 0.29) is 11.4 Å². The Bertz CT molecular complexity index is 950. The summed E-state index contributed by atoms with van der Waals surface area (Å²) in [5, 5.41) is 0.887. The molecule has 0 unspecified atom stereocenters. The van der Waals surface area contributed by atoms with Crippen molar-refractivity contribution in [2.45, 2.75) is 19.5 Å². The first-order chi connectivity index (χ1) is 12.3. The zero-order chi connectivity index (χ0) is 18.9. The van der Waals surface area contributed by atoms with Crippen molar-refractivity contribution in [3.63, 3.8) is 0 Å². The predicted octanol–water partition coefficient (Wildman–Crippen LogP) is 5.20. The van der Waals surface area contributed by atoms with Crippen molar-refractivity contribution in [2.24, 2.45) is 0 Å². The van der Waals surface area contributed by atoms with Crippen molar-refractivity contribution < 1.29 is 22.7 Å². The number of halogens is 4. The number of aldehydes is 1. The first-order valence-corrected chi connectivity index (χ1v) is 8.16. The lowest BCUT2D eigenvalue weighted by Crippen LogP contribution is -2.19. The van der Waals surface area contributed by atoms with Gasteiger partial charge in [-0.15, -0.1) is 0 Å². The molecule has 136 valence electrons. The third kappa shape index (κ3) is 3.67. The lowest BCUT2D eigenvalue weighted by Gasteiger charge is -2.11. The molecule has 0 aliphatic rings. The van der Waals surface area contributed by atoms with E-state index in [1.54, 1.807) is 30.3 Å². The predicted molar refractivity (Wildman–Crippen MR) is 92.9 cm³/mol. The number of aromatic nitrogens is 2. The second-order valence-corrected chi connectivity index (χ2v) is 6.07. The van der Waals surface area contributed by atoms with Crippen LogP contribution in [-0.4, -0.2) is 29.0 Å². The number of hydrogen-bond acceptors (Lipinski definition) is 3. The number of carbonyl (C=O) groups excluding carboxylic acids is 1. The summed E-state index contributed by atoms with van der Waals surface area (Å²) >= 11 is 5.91. The maximum atomic E-state index is 12.5. The Balaban J connectivity index is 2.16. The number of benzene rings is 1. The molecule has 3 aromatic rings. The monoisotopic (exact) mass is 382 g/mol. The molecule has 1 aromatic carbocycles. The average Bonchev–Trinajstić information content (AvgIpc) is 2.95. The van der Waals surface area contributed by atoms with E-state index in [1.165, 1.54) is 0 Å². The Hall–Kier alpha value is -2.54. The number of nitrogens with zero attached hydrogens (tertiary/aromatic N) is 1. The van der Waals surface area contributed by atoms with Crippen LogP contribution in [0.4, 0.5) is 13.2 Å². The van der Waals surface area contributed by atoms with Gasteiger partial charge in [0.2, 0.25) is 0 Å². The summed E-state index contributed by atoms with van der Waals surface area (Å²) in [6.45, 7) is 0.421. The highest BCUT2D eigenvalue weighted by atomic mass is 35.5. The smallest absolute Gasteiger partial charge is 0.422 e. The fraction of sp³-hybridized carbons (Fsp3) is 0.222. The molecule has 0 aliphatic heterocycles. The molecule has 2 heterocycles. The van der Waals surface area contributed by atoms with Crippen LogP contribution in [0, 0.1) is 0 Å². The third-order valence-corrected chi connectivity index (χ3v) is 4.08. The van der Waals surface area contributed by atoms with Crippen LogP contribution in [0.15, 0.2) is 30.3 Å². The largest absolute Gasteiger partial charge is 0.481 e. The zero-order valence-electron chi connectivity index (χ0n) is 13.7. The quantitative estimate of drug-likeness (QED) is 0.617. The normalized spacial score (nSPS) is 11.7. The van der Waals surface area contributed by atoms with Crippen molar-refractivity contribution in [1.29, 1.82) is 0 Å². The third-order valence-electron chi connectivity index (χ3n) is 3.83. The lowest BCUT2D eigenvalue weighted by atomic mass is 10.0. The summed E-state index contributed by atoms with van der Waals surface area (Å²) in [5.74, 6) is -0.155. The van der Waals surface area contributed by atoms with Crippen LogP contribution in [0.2, 0.25) is 5.02 Å². The molecule has 0 saturated heterocycles. The minimum absolute atomic E-state index is 0.0768. The SMILES string of the molecule is CCc1nc2[nH]c(C=O)c(OCC(F)(F)F)c2cc1-c1ccc(Cl)cc1. The lowest BCUT2D eigenvalue weighted by molar-refractivity contribution is -0.153. The van der Waals surface area contributed by atoms with Crippen LogP contribution in [0.5, 0.6) is 5.75 Å². The number of rotatable bonds is 5. The molecule has 0 spiro atoms. The second kappa shape index (κ2) is 6.99. The fourth-order valence-electron chi connectivity index (χ4n) is 2.69. The molecule has 0 aliphatic carbocycles. The van der Waals surface area contributed by atoms with E-state index in [2.05, 4.69) is 9.97 Å². The van der Waals surface area contributed by atoms with E-state index in [4.69, 9.17) is 16.3 Å². The molecule has 0 bridgehead atoms. The fourth-order valence-corrected chi connectivity index (χ4v) is 2.82. The topological polar surface area (TPSA) is 55.0 Å². The molecule has 0 saturated carbocycles. The van der Waals surface area contributed by atoms with E-state index in [0.717, 1.165) is 16.8 Å². The van der Waals surface area contributed by atoms with E-state index in [9.17, 15) is 18.0 Å². The molecule has 8 heteroatoms. The molecular weight excluding hydrogens is 369 g/mol. The van der Waals surface area contributed by atoms with Crippen LogP contribution in [-0.2, 0) is 6.42 Å². The highest BCUT2D eigenvalue weighted by molar-refractivity contribution is 6.30. The Morgan fingerprint density at radius 3 is 2.54 bits per heavy atom. The molecule has 0 radical (unpaired) electrons. The number of ether oxygens (including phenoxy) is 1. The average molecular weight is 383 g/mol. The number of carbonyl (C=O) groups is 1. The van der Waals surface area contributed by atoms with Gasteiger partial charge in [-0.1, -0.05) is 30.7 Å². The molecule has 26 heavy (non-hydrogen) atoms. The van der Waals surface area contributed by atoms with Crippen molar-refractivity contribution in [2.75, 3.05) is 6.61 Å². The van der Waals surface area contributed by atoms with Gasteiger partial charge in [0.05, 0.1) is 11.1 Å². The summed E-state index contributed by atoms with van der Waals surface area (Å²) in [6.07, 6.45) is -3.50. The second-order valence-electron chi connectivity index (χ2n) is 5.63. The molecule has 4 nitrogen and oxygen atoms in total. The van der Waals surface area contributed by atoms with Crippen LogP contribution in [0.1, 0.15) is 23.1 Å². The van der Waals surface area contributed by atoms with Crippen LogP contribution in [0.3, 0.4) is 0 Å². The van der Waals surface area contributed by atoms with Gasteiger partial charge in [0.25, 0.3) is 0 Å². The summed E-state index contributed by atoms with van der Waals surface area (Å²) in [4.78, 5) is 18.4. The molecule has 0 amide bonds. The molecule has 0 fully saturated rings. The minimum Gasteiger partial charge on any atom is -0.481 e. The van der Waals surface area contributed by atoms with Gasteiger partial charge in [0.15, 0.2) is 18.6 Å². The van der Waals surface area contributed by atoms with Crippen LogP contribution < -0.4 is 4.74 Å². The van der Waals surface area contributed by atoms with E-state index in [1.807, 2.05) is 6.92 Å². The van der Waals surface area contributed by atoms with Gasteiger partial charge in [0.1, 0.15) is 11.3 Å². The summed E-state index contributed by atoms with van der Waals surface area (Å²) in [5.41, 5.74) is 2.52. The maximum Gasteiger partial charge on any atom is 0.422 e. The zero-order valence-corrected chi connectivity index (χ0v) is 14.4. The van der Waals surface area contributed by atoms with Gasteiger partial charge in [-0.2, -0.15) is 13.2 Å². The summed E-state index contributed by atoms with van der Waals surface area (Å²) in [6, 6.07) is 8.71. The van der Waals surface area contributed by atoms with Crippen molar-refractivity contribution in [3.05, 3.63) is 46.7 Å². The number of aromatic amines is 1. The molecule has 0 atom stereocenters. The first-order valence-electron chi connectivity index (χ1n) is 7.78. The number of aryl methyl sites for hydroxylation is 1. The standard InChI is InChI=1S/C18H14ClF3N2O2/c1-2-14-12(10-3-5-11(19)6-4-10)7-13-16(26-9-18(20,21)22)15(8-25)24-17(13)23-14/h3-8H,2,9H2,1H3,(H,23,24). The number of H-pyrrole nitrogens is 1. The number of pyridine rings is 1. The Labute approximate surface area is 151 Å². The number of fused-ring (bicyclic) bond motifs is 1. The first kappa shape index (κ1) is 18.3. The summed E-state index contributed by atoms with van der Waals surface area (Å²) in [7, 11) is 0. The Morgan fingerprint density at radius 2 is 1.96 bits per heavy atom. The molecule has 2 aromatic heterocycles. The highest BCUT2D eigenvalue weighted by Crippen LogP contribution is 2.35. The summed E-state index contributed by atoms with van der Waals surface area (Å²) < 4.78 is 42.5. The number of hydrogen-bond donors (Lipinski definition) is 1. The number of alkyl halides is 3. The minimum atomic E-state index is -4.51. The number of nitrogens with one attached hydrogen (secondary N) is 1. The van der Waals surface area contributed by atoms with Crippen molar-refractivity contribution in [3.8, 4) is 16.9 Å². The van der Waals surface area contributed by atoms with E-state index >= 15 is 0 Å². The van der Waals surface area contributed by atoms with Crippen molar-refractivity contribution in [1.82, 2.24) is 9.97 Å². The van der Waals surface area contributed by atoms with Gasteiger partial charge in [-0.3, -0.25) is 4.79 Å². The van der Waals surface area contributed by atoms with E-state index < -0.39 is 12.8 Å². The maximum absolute atomic E-state index is 12.5. The van der Waals surface area contributed by atoms with Gasteiger partial charge in [0, 0.05) is 10.6 Å². The van der Waals surface area contributed by atoms with Crippen LogP contribution >= 0.6 is 11.6 Å². The van der Waals surface area contributed by atoms with Crippen LogP contribution in [0.25, 0.3) is 22.2 Å². The molecule has 1 N–H and O–H groups in total. The molecule has 3 rings (SSSR count). The van der Waals surface area contributed by atoms with Gasteiger partial charge >= 0.3 is 6.18 Å². The van der Waals surface area contributed by atoms with Gasteiger partial charge in [-0.25, -0.2) is 4.98 Å².